The highest BCUT2D eigenvalue weighted by molar-refractivity contribution is 5.21. The Kier molecular flexibility index (Phi) is 2.89. The third-order valence-corrected chi connectivity index (χ3v) is 2.09. The van der Waals surface area contributed by atoms with Crippen LogP contribution < -0.4 is 5.32 Å². The Balaban J connectivity index is 3.01. The van der Waals surface area contributed by atoms with Crippen LogP contribution >= 0.6 is 0 Å². The summed E-state index contributed by atoms with van der Waals surface area (Å²) in [6.45, 7) is 3.35. The molecule has 1 aromatic heterocycles. The summed E-state index contributed by atoms with van der Waals surface area (Å²) in [6, 6.07) is -0.320. The van der Waals surface area contributed by atoms with Crippen LogP contribution in [0.2, 0.25) is 0 Å². The predicted octanol–water partition coefficient (Wildman–Crippen LogP) is 2.72. The number of halogens is 3. The zero-order valence-corrected chi connectivity index (χ0v) is 8.20. The molecule has 0 aliphatic rings. The summed E-state index contributed by atoms with van der Waals surface area (Å²) in [5.41, 5.74) is 0.726. The fourth-order valence-electron chi connectivity index (χ4n) is 1.21. The summed E-state index contributed by atoms with van der Waals surface area (Å²) < 4.78 is 42.3. The van der Waals surface area contributed by atoms with Crippen LogP contribution in [0.3, 0.4) is 0 Å². The van der Waals surface area contributed by atoms with Gasteiger partial charge in [0.15, 0.2) is 6.04 Å². The lowest BCUT2D eigenvalue weighted by atomic mass is 10.2. The topological polar surface area (TPSA) is 25.2 Å². The molecule has 1 aromatic rings. The van der Waals surface area contributed by atoms with E-state index >= 15 is 0 Å². The predicted molar refractivity (Wildman–Crippen MR) is 46.0 cm³/mol. The Hall–Kier alpha value is -0.970. The first-order chi connectivity index (χ1) is 6.36. The largest absolute Gasteiger partial charge is 0.464 e. The lowest BCUT2D eigenvalue weighted by Crippen LogP contribution is -2.31. The Labute approximate surface area is 80.1 Å². The first-order valence-corrected chi connectivity index (χ1v) is 4.17. The Morgan fingerprint density at radius 1 is 1.36 bits per heavy atom. The molecule has 0 amide bonds. The molecule has 0 aliphatic heterocycles. The van der Waals surface area contributed by atoms with Crippen molar-refractivity contribution in [1.29, 1.82) is 0 Å². The molecule has 1 atom stereocenters. The Morgan fingerprint density at radius 3 is 2.21 bits per heavy atom. The van der Waals surface area contributed by atoms with Crippen LogP contribution in [-0.2, 0) is 0 Å². The van der Waals surface area contributed by atoms with Gasteiger partial charge < -0.3 is 9.73 Å². The summed E-state index contributed by atoms with van der Waals surface area (Å²) in [4.78, 5) is 0. The minimum atomic E-state index is -4.33. The van der Waals surface area contributed by atoms with Gasteiger partial charge in [0.05, 0.1) is 0 Å². The van der Waals surface area contributed by atoms with E-state index in [4.69, 9.17) is 4.42 Å². The van der Waals surface area contributed by atoms with E-state index < -0.39 is 12.2 Å². The van der Waals surface area contributed by atoms with Gasteiger partial charge in [-0.2, -0.15) is 13.2 Å². The smallest absolute Gasteiger partial charge is 0.410 e. The lowest BCUT2D eigenvalue weighted by molar-refractivity contribution is -0.160. The lowest BCUT2D eigenvalue weighted by Gasteiger charge is -2.16. The third kappa shape index (κ3) is 2.09. The van der Waals surface area contributed by atoms with Gasteiger partial charge in [-0.3, -0.25) is 0 Å². The molecule has 0 spiro atoms. The number of hydrogen-bond acceptors (Lipinski definition) is 2. The molecule has 1 N–H and O–H groups in total. The quantitative estimate of drug-likeness (QED) is 0.806. The molecule has 0 radical (unpaired) electrons. The number of aryl methyl sites for hydroxylation is 2. The molecule has 5 heteroatoms. The standard InChI is InChI=1S/C9H12F3NO/c1-5-4-7(14-6(5)2)8(13-3)9(10,11)12/h4,8,13H,1-3H3. The van der Waals surface area contributed by atoms with Gasteiger partial charge in [0.25, 0.3) is 0 Å². The second-order valence-electron chi connectivity index (χ2n) is 3.15. The van der Waals surface area contributed by atoms with E-state index in [9.17, 15) is 13.2 Å². The Morgan fingerprint density at radius 2 is 1.93 bits per heavy atom. The van der Waals surface area contributed by atoms with Crippen LogP contribution in [0.25, 0.3) is 0 Å². The van der Waals surface area contributed by atoms with Crippen molar-refractivity contribution in [2.45, 2.75) is 26.1 Å². The van der Waals surface area contributed by atoms with E-state index in [1.54, 1.807) is 13.8 Å². The van der Waals surface area contributed by atoms with E-state index in [1.807, 2.05) is 0 Å². The molecule has 0 saturated heterocycles. The van der Waals surface area contributed by atoms with Gasteiger partial charge in [0, 0.05) is 0 Å². The van der Waals surface area contributed by atoms with Gasteiger partial charge in [-0.25, -0.2) is 0 Å². The maximum absolute atomic E-state index is 12.4. The SMILES string of the molecule is CNC(c1cc(C)c(C)o1)C(F)(F)F. The zero-order valence-electron chi connectivity index (χ0n) is 8.20. The summed E-state index contributed by atoms with van der Waals surface area (Å²) >= 11 is 0. The van der Waals surface area contributed by atoms with Crippen molar-refractivity contribution < 1.29 is 17.6 Å². The highest BCUT2D eigenvalue weighted by Crippen LogP contribution is 2.33. The molecule has 80 valence electrons. The van der Waals surface area contributed by atoms with Crippen molar-refractivity contribution in [3.05, 3.63) is 23.2 Å². The van der Waals surface area contributed by atoms with Crippen LogP contribution in [-0.4, -0.2) is 13.2 Å². The molecule has 14 heavy (non-hydrogen) atoms. The molecule has 1 unspecified atom stereocenters. The highest BCUT2D eigenvalue weighted by atomic mass is 19.4. The molecule has 0 saturated carbocycles. The van der Waals surface area contributed by atoms with Crippen molar-refractivity contribution >= 4 is 0 Å². The van der Waals surface area contributed by atoms with Gasteiger partial charge in [0.2, 0.25) is 0 Å². The second-order valence-corrected chi connectivity index (χ2v) is 3.15. The second kappa shape index (κ2) is 3.65. The van der Waals surface area contributed by atoms with Crippen molar-refractivity contribution in [1.82, 2.24) is 5.32 Å². The van der Waals surface area contributed by atoms with Gasteiger partial charge in [-0.05, 0) is 32.5 Å². The first kappa shape index (κ1) is 11.1. The molecule has 0 aromatic carbocycles. The number of alkyl halides is 3. The van der Waals surface area contributed by atoms with E-state index in [0.29, 0.717) is 5.76 Å². The first-order valence-electron chi connectivity index (χ1n) is 4.17. The fourth-order valence-corrected chi connectivity index (χ4v) is 1.21. The van der Waals surface area contributed by atoms with Gasteiger partial charge in [0.1, 0.15) is 11.5 Å². The van der Waals surface area contributed by atoms with Crippen molar-refractivity contribution in [2.24, 2.45) is 0 Å². The normalized spacial score (nSPS) is 14.4. The molecule has 0 aliphatic carbocycles. The minimum Gasteiger partial charge on any atom is -0.464 e. The average molecular weight is 207 g/mol. The maximum atomic E-state index is 12.4. The van der Waals surface area contributed by atoms with Crippen LogP contribution in [0, 0.1) is 13.8 Å². The Bertz CT molecular complexity index is 297. The van der Waals surface area contributed by atoms with E-state index in [1.165, 1.54) is 13.1 Å². The average Bonchev–Trinajstić information content (AvgIpc) is 2.30. The van der Waals surface area contributed by atoms with Gasteiger partial charge >= 0.3 is 6.18 Å². The summed E-state index contributed by atoms with van der Waals surface area (Å²) in [5.74, 6) is 0.430. The van der Waals surface area contributed by atoms with Crippen molar-refractivity contribution in [2.75, 3.05) is 7.05 Å². The number of rotatable bonds is 2. The summed E-state index contributed by atoms with van der Waals surface area (Å²) in [5, 5.41) is 2.18. The highest BCUT2D eigenvalue weighted by Gasteiger charge is 2.41. The van der Waals surface area contributed by atoms with Crippen molar-refractivity contribution in [3.8, 4) is 0 Å². The monoisotopic (exact) mass is 207 g/mol. The molecule has 2 nitrogen and oxygen atoms in total. The maximum Gasteiger partial charge on any atom is 0.410 e. The number of nitrogens with one attached hydrogen (secondary N) is 1. The minimum absolute atomic E-state index is 0.0880. The van der Waals surface area contributed by atoms with Crippen LogP contribution in [0.1, 0.15) is 23.1 Å². The van der Waals surface area contributed by atoms with Gasteiger partial charge in [-0.1, -0.05) is 0 Å². The zero-order chi connectivity index (χ0) is 10.9. The number of hydrogen-bond donors (Lipinski definition) is 1. The molecular formula is C9H12F3NO. The van der Waals surface area contributed by atoms with E-state index in [0.717, 1.165) is 5.56 Å². The molecule has 1 rings (SSSR count). The third-order valence-electron chi connectivity index (χ3n) is 2.09. The van der Waals surface area contributed by atoms with Gasteiger partial charge in [-0.15, -0.1) is 0 Å². The molecule has 0 fully saturated rings. The summed E-state index contributed by atoms with van der Waals surface area (Å²) in [6.07, 6.45) is -4.33. The van der Waals surface area contributed by atoms with E-state index in [-0.39, 0.29) is 5.76 Å². The molecule has 1 heterocycles. The molecule has 0 bridgehead atoms. The number of furan rings is 1. The molecular weight excluding hydrogens is 195 g/mol. The van der Waals surface area contributed by atoms with E-state index in [2.05, 4.69) is 5.32 Å². The van der Waals surface area contributed by atoms with Crippen LogP contribution in [0.15, 0.2) is 10.5 Å². The van der Waals surface area contributed by atoms with Crippen molar-refractivity contribution in [3.63, 3.8) is 0 Å². The van der Waals surface area contributed by atoms with Crippen LogP contribution in [0.5, 0.6) is 0 Å². The van der Waals surface area contributed by atoms with Crippen LogP contribution in [0.4, 0.5) is 13.2 Å². The fraction of sp³-hybridized carbons (Fsp3) is 0.556. The summed E-state index contributed by atoms with van der Waals surface area (Å²) in [7, 11) is 1.26.